The lowest BCUT2D eigenvalue weighted by molar-refractivity contribution is 0.0980. The number of cyclic esters (lactones) is 1. The number of alkyl halides is 6. The minimum atomic E-state index is -2.04. The molecule has 0 spiro atoms. The summed E-state index contributed by atoms with van der Waals surface area (Å²) in [5.74, 6) is -0.263. The van der Waals surface area contributed by atoms with E-state index in [1.807, 2.05) is 0 Å². The van der Waals surface area contributed by atoms with Crippen LogP contribution in [-0.4, -0.2) is 37.2 Å². The Bertz CT molecular complexity index is 365. The maximum absolute atomic E-state index is 11.2. The molecule has 0 aromatic carbocycles. The van der Waals surface area contributed by atoms with E-state index in [1.165, 1.54) is 0 Å². The van der Waals surface area contributed by atoms with Crippen LogP contribution in [0, 0.1) is 0 Å². The number of rotatable bonds is 1. The molecule has 0 unspecified atom stereocenters. The SMILES string of the molecule is O=C1NC(N[C@@H](O)C(Cl)(Cl)Cl)=N[C@H](C(Cl)(Cl)Cl)O1. The van der Waals surface area contributed by atoms with Crippen molar-refractivity contribution in [2.45, 2.75) is 20.0 Å². The van der Waals surface area contributed by atoms with Gasteiger partial charge >= 0.3 is 6.09 Å². The van der Waals surface area contributed by atoms with Crippen LogP contribution >= 0.6 is 69.6 Å². The minimum Gasteiger partial charge on any atom is -0.418 e. The highest BCUT2D eigenvalue weighted by molar-refractivity contribution is 6.68. The third kappa shape index (κ3) is 4.85. The number of hydrogen-bond acceptors (Lipinski definition) is 5. The van der Waals surface area contributed by atoms with E-state index in [-0.39, 0.29) is 5.96 Å². The number of aliphatic hydroxyl groups is 1. The first kappa shape index (κ1) is 16.5. The van der Waals surface area contributed by atoms with Crippen molar-refractivity contribution in [2.24, 2.45) is 4.99 Å². The molecule has 3 N–H and O–H groups in total. The van der Waals surface area contributed by atoms with Gasteiger partial charge in [-0.05, 0) is 0 Å². The summed E-state index contributed by atoms with van der Waals surface area (Å²) in [6.45, 7) is 0. The fourth-order valence-electron chi connectivity index (χ4n) is 0.828. The first-order valence-electron chi connectivity index (χ1n) is 4.13. The average molecular weight is 380 g/mol. The molecule has 2 atom stereocenters. The van der Waals surface area contributed by atoms with Gasteiger partial charge in [0.25, 0.3) is 0 Å². The van der Waals surface area contributed by atoms with Gasteiger partial charge in [0.15, 0.2) is 6.23 Å². The van der Waals surface area contributed by atoms with Crippen LogP contribution in [0.5, 0.6) is 0 Å². The van der Waals surface area contributed by atoms with Crippen molar-refractivity contribution < 1.29 is 14.6 Å². The summed E-state index contributed by atoms with van der Waals surface area (Å²) >= 11 is 32.8. The summed E-state index contributed by atoms with van der Waals surface area (Å²) in [6, 6.07) is 0. The van der Waals surface area contributed by atoms with Gasteiger partial charge in [0.05, 0.1) is 0 Å². The van der Waals surface area contributed by atoms with E-state index in [2.05, 4.69) is 20.4 Å². The second kappa shape index (κ2) is 5.83. The Hall–Kier alpha value is 0.440. The normalized spacial score (nSPS) is 22.7. The number of halogens is 6. The quantitative estimate of drug-likeness (QED) is 0.481. The lowest BCUT2D eigenvalue weighted by Gasteiger charge is -2.28. The Balaban J connectivity index is 2.82. The summed E-state index contributed by atoms with van der Waals surface area (Å²) in [5.41, 5.74) is 0. The lowest BCUT2D eigenvalue weighted by Crippen LogP contribution is -2.54. The van der Waals surface area contributed by atoms with E-state index in [4.69, 9.17) is 69.6 Å². The topological polar surface area (TPSA) is 83.0 Å². The Morgan fingerprint density at radius 1 is 1.33 bits per heavy atom. The Kier molecular flexibility index (Phi) is 5.34. The van der Waals surface area contributed by atoms with Crippen molar-refractivity contribution in [2.75, 3.05) is 0 Å². The van der Waals surface area contributed by atoms with E-state index in [0.717, 1.165) is 0 Å². The maximum Gasteiger partial charge on any atom is 0.416 e. The number of nitrogens with zero attached hydrogens (tertiary/aromatic N) is 1. The van der Waals surface area contributed by atoms with E-state index in [0.29, 0.717) is 0 Å². The Morgan fingerprint density at radius 2 is 1.89 bits per heavy atom. The Morgan fingerprint density at radius 3 is 2.33 bits per heavy atom. The van der Waals surface area contributed by atoms with Crippen LogP contribution in [0.3, 0.4) is 0 Å². The van der Waals surface area contributed by atoms with Gasteiger partial charge in [0, 0.05) is 0 Å². The van der Waals surface area contributed by atoms with Crippen LogP contribution in [0.25, 0.3) is 0 Å². The largest absolute Gasteiger partial charge is 0.418 e. The van der Waals surface area contributed by atoms with Gasteiger partial charge in [-0.2, -0.15) is 0 Å². The molecule has 0 aromatic rings. The molecule has 18 heavy (non-hydrogen) atoms. The van der Waals surface area contributed by atoms with Gasteiger partial charge in [0.1, 0.15) is 0 Å². The summed E-state index contributed by atoms with van der Waals surface area (Å²) in [6.07, 6.45) is -3.99. The molecule has 0 saturated heterocycles. The molecular formula is C6H5Cl6N3O3. The molecular weight excluding hydrogens is 375 g/mol. The highest BCUT2D eigenvalue weighted by atomic mass is 35.6. The molecule has 0 fully saturated rings. The summed E-state index contributed by atoms with van der Waals surface area (Å²) < 4.78 is 0.577. The third-order valence-electron chi connectivity index (χ3n) is 1.55. The first-order valence-corrected chi connectivity index (χ1v) is 6.40. The second-order valence-electron chi connectivity index (χ2n) is 2.99. The monoisotopic (exact) mass is 377 g/mol. The fourth-order valence-corrected chi connectivity index (χ4v) is 1.27. The zero-order valence-corrected chi connectivity index (χ0v) is 12.7. The summed E-state index contributed by atoms with van der Waals surface area (Å²) in [5, 5.41) is 13.7. The number of guanidine groups is 1. The predicted molar refractivity (Wildman–Crippen MR) is 70.6 cm³/mol. The molecule has 1 rings (SSSR count). The van der Waals surface area contributed by atoms with E-state index in [1.54, 1.807) is 0 Å². The smallest absolute Gasteiger partial charge is 0.416 e. The first-order chi connectivity index (χ1) is 8.00. The van der Waals surface area contributed by atoms with Gasteiger partial charge < -0.3 is 15.2 Å². The fraction of sp³-hybridized carbons (Fsp3) is 0.667. The van der Waals surface area contributed by atoms with Crippen molar-refractivity contribution in [3.63, 3.8) is 0 Å². The zero-order chi connectivity index (χ0) is 14.1. The molecule has 0 aromatic heterocycles. The van der Waals surface area contributed by atoms with Crippen LogP contribution in [-0.2, 0) is 4.74 Å². The lowest BCUT2D eigenvalue weighted by atomic mass is 10.5. The van der Waals surface area contributed by atoms with Gasteiger partial charge in [-0.25, -0.2) is 9.79 Å². The molecule has 1 amide bonds. The average Bonchev–Trinajstić information content (AvgIpc) is 2.13. The predicted octanol–water partition coefficient (Wildman–Crippen LogP) is 2.06. The number of carbonyl (C=O) groups excluding carboxylic acids is 1. The molecule has 1 heterocycles. The van der Waals surface area contributed by atoms with E-state index in [9.17, 15) is 9.90 Å². The molecule has 1 aliphatic rings. The number of aliphatic hydroxyl groups excluding tert-OH is 1. The summed E-state index contributed by atoms with van der Waals surface area (Å²) in [4.78, 5) is 14.8. The molecule has 1 aliphatic heterocycles. The number of nitrogens with one attached hydrogen (secondary N) is 2. The molecule has 0 radical (unpaired) electrons. The van der Waals surface area contributed by atoms with Gasteiger partial charge in [-0.1, -0.05) is 69.6 Å². The van der Waals surface area contributed by atoms with Gasteiger partial charge in [-0.3, -0.25) is 5.32 Å². The third-order valence-corrected chi connectivity index (χ3v) is 2.73. The van der Waals surface area contributed by atoms with E-state index >= 15 is 0 Å². The molecule has 12 heteroatoms. The van der Waals surface area contributed by atoms with Crippen LogP contribution in [0.1, 0.15) is 0 Å². The van der Waals surface area contributed by atoms with Crippen molar-refractivity contribution in [1.29, 1.82) is 0 Å². The van der Waals surface area contributed by atoms with Crippen molar-refractivity contribution in [3.8, 4) is 0 Å². The van der Waals surface area contributed by atoms with Crippen LogP contribution in [0.4, 0.5) is 4.79 Å². The number of amides is 1. The second-order valence-corrected chi connectivity index (χ2v) is 7.73. The minimum absolute atomic E-state index is 0.263. The number of ether oxygens (including phenoxy) is 1. The van der Waals surface area contributed by atoms with Crippen LogP contribution in [0.2, 0.25) is 0 Å². The van der Waals surface area contributed by atoms with Crippen LogP contribution in [0.15, 0.2) is 4.99 Å². The molecule has 104 valence electrons. The highest BCUT2D eigenvalue weighted by Gasteiger charge is 2.40. The van der Waals surface area contributed by atoms with Crippen LogP contribution < -0.4 is 10.6 Å². The highest BCUT2D eigenvalue weighted by Crippen LogP contribution is 2.34. The number of hydrogen-bond donors (Lipinski definition) is 3. The molecule has 6 nitrogen and oxygen atoms in total. The van der Waals surface area contributed by atoms with Crippen molar-refractivity contribution in [1.82, 2.24) is 10.6 Å². The van der Waals surface area contributed by atoms with Gasteiger partial charge in [-0.15, -0.1) is 0 Å². The molecule has 0 bridgehead atoms. The number of aliphatic imine (C=N–C) groups is 1. The van der Waals surface area contributed by atoms with Crippen molar-refractivity contribution >= 4 is 81.7 Å². The maximum atomic E-state index is 11.2. The number of carbonyl (C=O) groups is 1. The van der Waals surface area contributed by atoms with Gasteiger partial charge in [0.2, 0.25) is 19.8 Å². The molecule has 0 aliphatic carbocycles. The van der Waals surface area contributed by atoms with E-state index < -0.39 is 26.1 Å². The number of alkyl carbamates (subject to hydrolysis) is 1. The standard InChI is InChI=1S/C6H5Cl6N3O3/c7-5(8,9)1(16)13-3-14-2(6(10,11)12)18-4(17)15-3/h1-2,16H,(H2,13,14,15,17)/t1-,2-/m0/s1. The van der Waals surface area contributed by atoms with Crippen molar-refractivity contribution in [3.05, 3.63) is 0 Å². The Labute approximate surface area is 131 Å². The zero-order valence-electron chi connectivity index (χ0n) is 8.13. The summed E-state index contributed by atoms with van der Waals surface area (Å²) in [7, 11) is 0. The molecule has 0 saturated carbocycles.